The smallest absolute Gasteiger partial charge is 0.430 e. The minimum Gasteiger partial charge on any atom is -0.542 e. The van der Waals surface area contributed by atoms with Crippen molar-refractivity contribution in [3.05, 3.63) is 0 Å². The van der Waals surface area contributed by atoms with Gasteiger partial charge in [-0.05, 0) is 13.8 Å². The monoisotopic (exact) mass is 429 g/mol. The summed E-state index contributed by atoms with van der Waals surface area (Å²) in [4.78, 5) is 41.7. The number of nitrogens with two attached hydrogens (primary N) is 1. The van der Waals surface area contributed by atoms with E-state index >= 15 is 0 Å². The van der Waals surface area contributed by atoms with Gasteiger partial charge in [0.25, 0.3) is 0 Å². The van der Waals surface area contributed by atoms with Crippen molar-refractivity contribution in [2.24, 2.45) is 0 Å². The topological polar surface area (TPSA) is 172 Å². The number of halogens is 6. The Hall–Kier alpha value is -2.46. The highest BCUT2D eigenvalue weighted by atomic mass is 19.4. The molecule has 0 aliphatic carbocycles. The van der Waals surface area contributed by atoms with Gasteiger partial charge in [0.1, 0.15) is 24.1 Å². The molecule has 0 aliphatic rings. The number of alkyl halides is 6. The summed E-state index contributed by atoms with van der Waals surface area (Å²) in [6.07, 6.45) is -11.1. The van der Waals surface area contributed by atoms with E-state index in [9.17, 15) is 40.7 Å². The first kappa shape index (κ1) is 27.8. The van der Waals surface area contributed by atoms with E-state index in [1.807, 2.05) is 10.6 Å². The van der Waals surface area contributed by atoms with E-state index < -0.39 is 60.7 Å². The summed E-state index contributed by atoms with van der Waals surface area (Å²) >= 11 is 0. The minimum absolute atomic E-state index is 0.123. The molecule has 0 aliphatic heterocycles. The average molecular weight is 429 g/mol. The fourth-order valence-corrected chi connectivity index (χ4v) is 1.31. The molecule has 0 spiro atoms. The molecule has 0 radical (unpaired) electrons. The molecule has 0 fully saturated rings. The van der Waals surface area contributed by atoms with Crippen LogP contribution in [0.4, 0.5) is 26.3 Å². The third kappa shape index (κ3) is 12.0. The van der Waals surface area contributed by atoms with E-state index in [0.717, 1.165) is 13.8 Å². The van der Waals surface area contributed by atoms with E-state index in [1.165, 1.54) is 0 Å². The lowest BCUT2D eigenvalue weighted by atomic mass is 10.1. The number of amides is 2. The molecule has 10 nitrogen and oxygen atoms in total. The van der Waals surface area contributed by atoms with Crippen LogP contribution >= 0.6 is 0 Å². The van der Waals surface area contributed by atoms with Crippen molar-refractivity contribution in [1.82, 2.24) is 10.6 Å². The summed E-state index contributed by atoms with van der Waals surface area (Å²) in [5, 5.41) is 29.5. The van der Waals surface area contributed by atoms with Gasteiger partial charge >= 0.3 is 24.2 Å². The van der Waals surface area contributed by atoms with Crippen molar-refractivity contribution in [1.29, 1.82) is 0 Å². The van der Waals surface area contributed by atoms with Crippen molar-refractivity contribution >= 4 is 23.8 Å². The number of carboxylic acids is 2. The summed E-state index contributed by atoms with van der Waals surface area (Å²) in [6, 6.07) is -5.04. The lowest BCUT2D eigenvalue weighted by Gasteiger charge is -2.23. The maximum absolute atomic E-state index is 12.8. The second kappa shape index (κ2) is 11.4. The third-order valence-electron chi connectivity index (χ3n) is 2.77. The van der Waals surface area contributed by atoms with Crippen LogP contribution in [0.1, 0.15) is 20.3 Å². The molecule has 0 heterocycles. The van der Waals surface area contributed by atoms with E-state index in [1.54, 1.807) is 0 Å². The predicted octanol–water partition coefficient (Wildman–Crippen LogP) is -2.35. The van der Waals surface area contributed by atoms with E-state index in [0.29, 0.717) is 0 Å². The highest BCUT2D eigenvalue weighted by molar-refractivity contribution is 5.83. The Bertz CT molecular complexity index is 567. The molecule has 0 rings (SSSR count). The fourth-order valence-electron chi connectivity index (χ4n) is 1.31. The highest BCUT2D eigenvalue weighted by Gasteiger charge is 2.42. The molecule has 0 saturated heterocycles. The number of hydrogen-bond donors (Lipinski definition) is 5. The molecule has 16 heteroatoms. The van der Waals surface area contributed by atoms with Crippen LogP contribution in [0.15, 0.2) is 0 Å². The largest absolute Gasteiger partial charge is 0.542 e. The average Bonchev–Trinajstić information content (AvgIpc) is 2.51. The number of aliphatic carboxylic acids is 2. The molecule has 0 aromatic carbocycles. The van der Waals surface area contributed by atoms with Crippen molar-refractivity contribution < 1.29 is 66.4 Å². The molecule has 2 amide bonds. The quantitative estimate of drug-likeness (QED) is 0.170. The number of quaternary nitrogens is 1. The van der Waals surface area contributed by atoms with Gasteiger partial charge in [0.05, 0.1) is 6.42 Å². The summed E-state index contributed by atoms with van der Waals surface area (Å²) in [6.45, 7) is 2.19. The summed E-state index contributed by atoms with van der Waals surface area (Å²) < 4.78 is 69.8. The molecule has 28 heavy (non-hydrogen) atoms. The van der Waals surface area contributed by atoms with Crippen LogP contribution in [0.25, 0.3) is 0 Å². The van der Waals surface area contributed by atoms with Crippen LogP contribution in [-0.4, -0.2) is 64.5 Å². The van der Waals surface area contributed by atoms with Crippen LogP contribution < -0.4 is 21.2 Å². The SMILES string of the molecule is C[C@H](NC(CC(=O)N[C@H](C)C(=O)O)C(F)(F)F)C(=O)[NH2+]O.O=C([O-])C(F)(F)F. The Kier molecular flexibility index (Phi) is 11.3. The van der Waals surface area contributed by atoms with Crippen LogP contribution in [0.5, 0.6) is 0 Å². The first-order valence-corrected chi connectivity index (χ1v) is 7.07. The van der Waals surface area contributed by atoms with E-state index in [-0.39, 0.29) is 5.48 Å². The lowest BCUT2D eigenvalue weighted by Crippen LogP contribution is -2.88. The van der Waals surface area contributed by atoms with Gasteiger partial charge in [0.15, 0.2) is 0 Å². The summed E-state index contributed by atoms with van der Waals surface area (Å²) in [7, 11) is 0. The number of nitrogens with one attached hydrogen (secondary N) is 2. The zero-order valence-electron chi connectivity index (χ0n) is 14.2. The van der Waals surface area contributed by atoms with Crippen LogP contribution in [0, 0.1) is 0 Å². The first-order chi connectivity index (χ1) is 12.4. The Morgan fingerprint density at radius 1 is 1.04 bits per heavy atom. The number of hydroxylamine groups is 1. The number of carboxylic acid groups (broad SMARTS) is 2. The maximum Gasteiger partial charge on any atom is 0.430 e. The number of hydrogen-bond acceptors (Lipinski definition) is 7. The first-order valence-electron chi connectivity index (χ1n) is 7.07. The molecule has 0 bridgehead atoms. The fraction of sp³-hybridized carbons (Fsp3) is 0.667. The Balaban J connectivity index is 0. The van der Waals surface area contributed by atoms with Gasteiger partial charge in [0, 0.05) is 0 Å². The lowest BCUT2D eigenvalue weighted by molar-refractivity contribution is -0.815. The van der Waals surface area contributed by atoms with Gasteiger partial charge in [-0.2, -0.15) is 26.3 Å². The van der Waals surface area contributed by atoms with Gasteiger partial charge in [-0.15, -0.1) is 5.48 Å². The molecule has 0 saturated carbocycles. The van der Waals surface area contributed by atoms with Crippen molar-refractivity contribution in [2.75, 3.05) is 0 Å². The molecular weight excluding hydrogens is 412 g/mol. The van der Waals surface area contributed by atoms with Crippen LogP contribution in [0.2, 0.25) is 0 Å². The van der Waals surface area contributed by atoms with Gasteiger partial charge in [-0.25, -0.2) is 10.0 Å². The number of carbonyl (C=O) groups excluding carboxylic acids is 3. The number of primary amides is 1. The second-order valence-electron chi connectivity index (χ2n) is 5.13. The van der Waals surface area contributed by atoms with Crippen LogP contribution in [-0.2, 0) is 19.2 Å². The molecule has 0 aromatic heterocycles. The van der Waals surface area contributed by atoms with E-state index in [2.05, 4.69) is 0 Å². The molecule has 3 atom stereocenters. The highest BCUT2D eigenvalue weighted by Crippen LogP contribution is 2.23. The number of rotatable bonds is 7. The van der Waals surface area contributed by atoms with Gasteiger partial charge < -0.3 is 20.3 Å². The molecule has 6 N–H and O–H groups in total. The minimum atomic E-state index is -5.19. The Morgan fingerprint density at radius 2 is 1.46 bits per heavy atom. The Labute approximate surface area is 152 Å². The second-order valence-corrected chi connectivity index (χ2v) is 5.13. The van der Waals surface area contributed by atoms with E-state index in [4.69, 9.17) is 20.2 Å². The Morgan fingerprint density at radius 3 is 1.75 bits per heavy atom. The third-order valence-corrected chi connectivity index (χ3v) is 2.77. The zero-order chi connectivity index (χ0) is 22.9. The maximum atomic E-state index is 12.8. The summed E-state index contributed by atoms with van der Waals surface area (Å²) in [5.74, 6) is -6.51. The normalized spacial score (nSPS) is 14.8. The standard InChI is InChI=1S/C10H16F3N3O5.C2HF3O2/c1-4(8(18)16-21)14-6(10(11,12)13)3-7(17)15-5(2)9(19)20;3-2(4,5)1(6)7/h4-6,14,21H,3H2,1-2H3,(H,15,17)(H,16,18)(H,19,20);(H,6,7)/t4-,5+,6?;/m0./s1. The van der Waals surface area contributed by atoms with Crippen molar-refractivity contribution in [2.45, 2.75) is 50.7 Å². The van der Waals surface area contributed by atoms with Gasteiger partial charge in [-0.3, -0.25) is 14.9 Å². The molecule has 1 unspecified atom stereocenters. The van der Waals surface area contributed by atoms with Gasteiger partial charge in [0.2, 0.25) is 5.91 Å². The van der Waals surface area contributed by atoms with Gasteiger partial charge in [-0.1, -0.05) is 0 Å². The summed E-state index contributed by atoms with van der Waals surface area (Å²) in [5.41, 5.74) is 0.123. The molecular formula is C12H17F6N3O7. The van der Waals surface area contributed by atoms with Crippen molar-refractivity contribution in [3.63, 3.8) is 0 Å². The van der Waals surface area contributed by atoms with Crippen molar-refractivity contribution in [3.8, 4) is 0 Å². The zero-order valence-corrected chi connectivity index (χ0v) is 14.2. The molecule has 164 valence electrons. The molecule has 0 aromatic rings. The predicted molar refractivity (Wildman–Crippen MR) is 72.1 cm³/mol. The number of carbonyl (C=O) groups is 4. The van der Waals surface area contributed by atoms with Crippen LogP contribution in [0.3, 0.4) is 0 Å².